The molecule has 0 radical (unpaired) electrons. The van der Waals surface area contributed by atoms with Gasteiger partial charge in [-0.05, 0) is 58.3 Å². The number of carbonyl (C=O) groups excluding carboxylic acids is 1. The van der Waals surface area contributed by atoms with Crippen molar-refractivity contribution in [1.29, 1.82) is 0 Å². The number of fused-ring (bicyclic) bond motifs is 1. The second kappa shape index (κ2) is 8.50. The summed E-state index contributed by atoms with van der Waals surface area (Å²) in [6.07, 6.45) is 2.61. The van der Waals surface area contributed by atoms with Crippen molar-refractivity contribution in [2.75, 3.05) is 43.1 Å². The highest BCUT2D eigenvalue weighted by Gasteiger charge is 2.08. The summed E-state index contributed by atoms with van der Waals surface area (Å²) in [6.45, 7) is 3.65. The zero-order valence-corrected chi connectivity index (χ0v) is 15.7. The minimum absolute atomic E-state index is 0.256. The third kappa shape index (κ3) is 5.42. The Balaban J connectivity index is 1.59. The molecule has 0 unspecified atom stereocenters. The zero-order chi connectivity index (χ0) is 19.2. The monoisotopic (exact) mass is 368 g/mol. The Morgan fingerprint density at radius 1 is 1.15 bits per heavy atom. The van der Waals surface area contributed by atoms with Gasteiger partial charge < -0.3 is 20.0 Å². The summed E-state index contributed by atoms with van der Waals surface area (Å²) >= 11 is 0. The molecular formula is C19H24N6O2. The van der Waals surface area contributed by atoms with Crippen molar-refractivity contribution in [2.24, 2.45) is 0 Å². The van der Waals surface area contributed by atoms with Gasteiger partial charge in [0.15, 0.2) is 0 Å². The van der Waals surface area contributed by atoms with E-state index >= 15 is 0 Å². The van der Waals surface area contributed by atoms with E-state index in [1.165, 1.54) is 0 Å². The summed E-state index contributed by atoms with van der Waals surface area (Å²) in [7, 11) is 4.08. The lowest BCUT2D eigenvalue weighted by Gasteiger charge is -2.12. The van der Waals surface area contributed by atoms with Crippen LogP contribution in [0.4, 0.5) is 22.2 Å². The number of urea groups is 1. The highest BCUT2D eigenvalue weighted by atomic mass is 16.3. The number of nitrogens with one attached hydrogen (secondary N) is 3. The SMILES string of the molecule is Cc1cc(NCCCN(C)C)nc(NC(=O)Nc2ccc3occc3c2)n1. The van der Waals surface area contributed by atoms with E-state index < -0.39 is 6.03 Å². The summed E-state index contributed by atoms with van der Waals surface area (Å²) < 4.78 is 5.30. The van der Waals surface area contributed by atoms with Gasteiger partial charge in [-0.2, -0.15) is 4.98 Å². The molecule has 1 aromatic carbocycles. The summed E-state index contributed by atoms with van der Waals surface area (Å²) in [5, 5.41) is 9.64. The van der Waals surface area contributed by atoms with Crippen molar-refractivity contribution in [1.82, 2.24) is 14.9 Å². The Morgan fingerprint density at radius 3 is 2.81 bits per heavy atom. The van der Waals surface area contributed by atoms with Gasteiger partial charge >= 0.3 is 6.03 Å². The predicted octanol–water partition coefficient (Wildman–Crippen LogP) is 3.54. The molecule has 3 aromatic rings. The number of aryl methyl sites for hydroxylation is 1. The first-order valence-corrected chi connectivity index (χ1v) is 8.79. The first kappa shape index (κ1) is 18.7. The lowest BCUT2D eigenvalue weighted by molar-refractivity contribution is 0.262. The van der Waals surface area contributed by atoms with E-state index in [4.69, 9.17) is 4.42 Å². The zero-order valence-electron chi connectivity index (χ0n) is 15.7. The Morgan fingerprint density at radius 2 is 2.00 bits per heavy atom. The van der Waals surface area contributed by atoms with Crippen LogP contribution in [0.1, 0.15) is 12.1 Å². The van der Waals surface area contributed by atoms with E-state index in [0.29, 0.717) is 11.5 Å². The highest BCUT2D eigenvalue weighted by molar-refractivity contribution is 6.00. The summed E-state index contributed by atoms with van der Waals surface area (Å²) in [5.41, 5.74) is 2.21. The first-order valence-electron chi connectivity index (χ1n) is 8.79. The number of amides is 2. The molecule has 2 aromatic heterocycles. The van der Waals surface area contributed by atoms with Crippen LogP contribution < -0.4 is 16.0 Å². The molecule has 0 saturated heterocycles. The number of benzene rings is 1. The van der Waals surface area contributed by atoms with Crippen molar-refractivity contribution in [3.05, 3.63) is 42.3 Å². The second-order valence-corrected chi connectivity index (χ2v) is 6.55. The van der Waals surface area contributed by atoms with Gasteiger partial charge in [-0.25, -0.2) is 9.78 Å². The average Bonchev–Trinajstić information content (AvgIpc) is 3.05. The topological polar surface area (TPSA) is 95.3 Å². The van der Waals surface area contributed by atoms with Crippen molar-refractivity contribution >= 4 is 34.5 Å². The van der Waals surface area contributed by atoms with E-state index in [1.54, 1.807) is 12.3 Å². The average molecular weight is 368 g/mol. The normalized spacial score (nSPS) is 11.0. The molecule has 0 aliphatic carbocycles. The van der Waals surface area contributed by atoms with Crippen molar-refractivity contribution < 1.29 is 9.21 Å². The molecule has 3 N–H and O–H groups in total. The Bertz CT molecular complexity index is 921. The fourth-order valence-corrected chi connectivity index (χ4v) is 2.64. The minimum Gasteiger partial charge on any atom is -0.464 e. The van der Waals surface area contributed by atoms with Gasteiger partial charge in [0.05, 0.1) is 6.26 Å². The largest absolute Gasteiger partial charge is 0.464 e. The molecule has 142 valence electrons. The van der Waals surface area contributed by atoms with Crippen LogP contribution in [0.5, 0.6) is 0 Å². The van der Waals surface area contributed by atoms with Crippen LogP contribution >= 0.6 is 0 Å². The molecule has 8 nitrogen and oxygen atoms in total. The molecule has 0 spiro atoms. The maximum atomic E-state index is 12.3. The molecule has 27 heavy (non-hydrogen) atoms. The summed E-state index contributed by atoms with van der Waals surface area (Å²) in [5.74, 6) is 0.948. The number of nitrogens with zero attached hydrogens (tertiary/aromatic N) is 3. The molecule has 0 saturated carbocycles. The number of hydrogen-bond acceptors (Lipinski definition) is 6. The number of aromatic nitrogens is 2. The van der Waals surface area contributed by atoms with Crippen LogP contribution in [0.15, 0.2) is 41.0 Å². The Hall–Kier alpha value is -3.13. The van der Waals surface area contributed by atoms with Crippen LogP contribution in [0.3, 0.4) is 0 Å². The molecule has 2 heterocycles. The quantitative estimate of drug-likeness (QED) is 0.552. The van der Waals surface area contributed by atoms with E-state index in [1.807, 2.05) is 45.3 Å². The van der Waals surface area contributed by atoms with Gasteiger partial charge in [-0.15, -0.1) is 0 Å². The molecular weight excluding hydrogens is 344 g/mol. The van der Waals surface area contributed by atoms with Gasteiger partial charge in [0.25, 0.3) is 0 Å². The van der Waals surface area contributed by atoms with E-state index in [0.717, 1.165) is 36.2 Å². The molecule has 0 aliphatic rings. The molecule has 0 atom stereocenters. The van der Waals surface area contributed by atoms with Gasteiger partial charge in [0, 0.05) is 29.4 Å². The first-order chi connectivity index (χ1) is 13.0. The molecule has 0 fully saturated rings. The highest BCUT2D eigenvalue weighted by Crippen LogP contribution is 2.20. The number of hydrogen-bond donors (Lipinski definition) is 3. The molecule has 8 heteroatoms. The number of furan rings is 1. The van der Waals surface area contributed by atoms with Gasteiger partial charge in [0.2, 0.25) is 5.95 Å². The van der Waals surface area contributed by atoms with Crippen LogP contribution in [-0.4, -0.2) is 48.1 Å². The lowest BCUT2D eigenvalue weighted by atomic mass is 10.2. The van der Waals surface area contributed by atoms with E-state index in [-0.39, 0.29) is 5.95 Å². The Labute approximate surface area is 158 Å². The maximum Gasteiger partial charge on any atom is 0.326 e. The fourth-order valence-electron chi connectivity index (χ4n) is 2.64. The van der Waals surface area contributed by atoms with Crippen molar-refractivity contribution in [3.63, 3.8) is 0 Å². The van der Waals surface area contributed by atoms with Crippen LogP contribution in [-0.2, 0) is 0 Å². The number of anilines is 3. The smallest absolute Gasteiger partial charge is 0.326 e. The summed E-state index contributed by atoms with van der Waals surface area (Å²) in [4.78, 5) is 23.0. The van der Waals surface area contributed by atoms with Crippen LogP contribution in [0, 0.1) is 6.92 Å². The van der Waals surface area contributed by atoms with E-state index in [2.05, 4.69) is 30.8 Å². The fraction of sp³-hybridized carbons (Fsp3) is 0.316. The van der Waals surface area contributed by atoms with Crippen molar-refractivity contribution in [2.45, 2.75) is 13.3 Å². The van der Waals surface area contributed by atoms with Crippen molar-refractivity contribution in [3.8, 4) is 0 Å². The Kier molecular flexibility index (Phi) is 5.87. The molecule has 0 bridgehead atoms. The molecule has 3 rings (SSSR count). The lowest BCUT2D eigenvalue weighted by Crippen LogP contribution is -2.21. The van der Waals surface area contributed by atoms with Gasteiger partial charge in [0.1, 0.15) is 11.4 Å². The third-order valence-corrected chi connectivity index (χ3v) is 3.88. The second-order valence-electron chi connectivity index (χ2n) is 6.55. The minimum atomic E-state index is -0.401. The van der Waals surface area contributed by atoms with Crippen LogP contribution in [0.2, 0.25) is 0 Å². The maximum absolute atomic E-state index is 12.3. The summed E-state index contributed by atoms with van der Waals surface area (Å²) in [6, 6.07) is 8.72. The van der Waals surface area contributed by atoms with Crippen LogP contribution in [0.25, 0.3) is 11.0 Å². The number of rotatable bonds is 7. The van der Waals surface area contributed by atoms with Gasteiger partial charge in [-0.3, -0.25) is 5.32 Å². The third-order valence-electron chi connectivity index (χ3n) is 3.88. The van der Waals surface area contributed by atoms with Gasteiger partial charge in [-0.1, -0.05) is 0 Å². The molecule has 2 amide bonds. The number of carbonyl (C=O) groups is 1. The predicted molar refractivity (Wildman–Crippen MR) is 107 cm³/mol. The standard InChI is InChI=1S/C19H24N6O2/c1-13-11-17(20-8-4-9-25(2)3)23-18(21-13)24-19(26)22-15-5-6-16-14(12-15)7-10-27-16/h5-7,10-12H,4,8-9H2,1-3H3,(H3,20,21,22,23,24,26). The van der Waals surface area contributed by atoms with E-state index in [9.17, 15) is 4.79 Å². The molecule has 0 aliphatic heterocycles.